The molecule has 0 radical (unpaired) electrons. The minimum Gasteiger partial charge on any atom is -0.490 e. The first-order chi connectivity index (χ1) is 13.1. The Bertz CT molecular complexity index is 787. The van der Waals surface area contributed by atoms with Gasteiger partial charge in [0.05, 0.1) is 6.61 Å². The van der Waals surface area contributed by atoms with Crippen molar-refractivity contribution in [3.05, 3.63) is 57.6 Å². The largest absolute Gasteiger partial charge is 0.490 e. The van der Waals surface area contributed by atoms with Crippen molar-refractivity contribution < 1.29 is 9.47 Å². The second-order valence-electron chi connectivity index (χ2n) is 6.44. The van der Waals surface area contributed by atoms with Gasteiger partial charge in [-0.25, -0.2) is 0 Å². The topological polar surface area (TPSA) is 21.7 Å². The van der Waals surface area contributed by atoms with Crippen LogP contribution < -0.4 is 9.47 Å². The highest BCUT2D eigenvalue weighted by molar-refractivity contribution is 7.80. The zero-order chi connectivity index (χ0) is 19.2. The van der Waals surface area contributed by atoms with Crippen LogP contribution in [0.1, 0.15) is 37.3 Å². The molecule has 6 heteroatoms. The van der Waals surface area contributed by atoms with Gasteiger partial charge >= 0.3 is 0 Å². The van der Waals surface area contributed by atoms with Crippen LogP contribution in [0.5, 0.6) is 11.5 Å². The normalized spacial score (nSPS) is 14.1. The van der Waals surface area contributed by atoms with Crippen molar-refractivity contribution in [3.8, 4) is 11.5 Å². The highest BCUT2D eigenvalue weighted by Gasteiger charge is 2.17. The quantitative estimate of drug-likeness (QED) is 0.520. The summed E-state index contributed by atoms with van der Waals surface area (Å²) in [4.78, 5) is 3.14. The standard InChI is InChI=1S/C21H23Cl2NO2S/c1-2-25-20-13-15(21(27)24-11-4-3-5-12-24)9-10-19(20)26-14-16-17(22)7-6-8-18(16)23/h6-10,13H,2-5,11-12,14H2,1H3. The number of halogens is 2. The van der Waals surface area contributed by atoms with Gasteiger partial charge in [0, 0.05) is 34.3 Å². The lowest BCUT2D eigenvalue weighted by atomic mass is 10.1. The molecule has 1 fully saturated rings. The van der Waals surface area contributed by atoms with Crippen LogP contribution in [0.2, 0.25) is 10.0 Å². The summed E-state index contributed by atoms with van der Waals surface area (Å²) in [5.41, 5.74) is 1.75. The van der Waals surface area contributed by atoms with Gasteiger partial charge in [-0.3, -0.25) is 0 Å². The number of ether oxygens (including phenoxy) is 2. The van der Waals surface area contributed by atoms with Gasteiger partial charge in [-0.1, -0.05) is 41.5 Å². The molecule has 27 heavy (non-hydrogen) atoms. The maximum atomic E-state index is 6.23. The van der Waals surface area contributed by atoms with Crippen LogP contribution in [0.15, 0.2) is 36.4 Å². The Morgan fingerprint density at radius 2 is 1.70 bits per heavy atom. The van der Waals surface area contributed by atoms with E-state index in [-0.39, 0.29) is 6.61 Å². The Morgan fingerprint density at radius 1 is 1.00 bits per heavy atom. The SMILES string of the molecule is CCOc1cc(C(=S)N2CCCCC2)ccc1OCc1c(Cl)cccc1Cl. The van der Waals surface area contributed by atoms with Gasteiger partial charge in [0.15, 0.2) is 11.5 Å². The number of hydrogen-bond acceptors (Lipinski definition) is 3. The van der Waals surface area contributed by atoms with E-state index in [1.165, 1.54) is 19.3 Å². The number of thiocarbonyl (C=S) groups is 1. The monoisotopic (exact) mass is 423 g/mol. The Balaban J connectivity index is 1.78. The van der Waals surface area contributed by atoms with Crippen LogP contribution in [0.4, 0.5) is 0 Å². The predicted octanol–water partition coefficient (Wildman–Crippen LogP) is 6.13. The summed E-state index contributed by atoms with van der Waals surface area (Å²) < 4.78 is 11.8. The molecule has 0 aromatic heterocycles. The molecule has 1 saturated heterocycles. The van der Waals surface area contributed by atoms with Gasteiger partial charge in [0.1, 0.15) is 11.6 Å². The molecule has 1 heterocycles. The zero-order valence-corrected chi connectivity index (χ0v) is 17.7. The van der Waals surface area contributed by atoms with E-state index in [2.05, 4.69) is 4.90 Å². The third kappa shape index (κ3) is 5.07. The predicted molar refractivity (Wildman–Crippen MR) is 116 cm³/mol. The van der Waals surface area contributed by atoms with Crippen molar-refractivity contribution in [3.63, 3.8) is 0 Å². The molecule has 3 nitrogen and oxygen atoms in total. The van der Waals surface area contributed by atoms with Gasteiger partial charge in [-0.15, -0.1) is 0 Å². The summed E-state index contributed by atoms with van der Waals surface area (Å²) in [6, 6.07) is 11.3. The van der Waals surface area contributed by atoms with E-state index in [1.807, 2.05) is 31.2 Å². The highest BCUT2D eigenvalue weighted by Crippen LogP contribution is 2.32. The van der Waals surface area contributed by atoms with Crippen molar-refractivity contribution >= 4 is 40.4 Å². The summed E-state index contributed by atoms with van der Waals surface area (Å²) >= 11 is 18.2. The first-order valence-electron chi connectivity index (χ1n) is 9.22. The summed E-state index contributed by atoms with van der Waals surface area (Å²) in [5, 5.41) is 1.17. The molecule has 144 valence electrons. The molecule has 0 aliphatic carbocycles. The number of rotatable bonds is 6. The average molecular weight is 424 g/mol. The third-order valence-electron chi connectivity index (χ3n) is 4.57. The van der Waals surface area contributed by atoms with Crippen LogP contribution >= 0.6 is 35.4 Å². The van der Waals surface area contributed by atoms with Gasteiger partial charge < -0.3 is 14.4 Å². The van der Waals surface area contributed by atoms with E-state index >= 15 is 0 Å². The summed E-state index contributed by atoms with van der Waals surface area (Å²) in [6.45, 7) is 4.81. The van der Waals surface area contributed by atoms with Crippen LogP contribution in [0.3, 0.4) is 0 Å². The number of piperidine rings is 1. The first-order valence-corrected chi connectivity index (χ1v) is 10.4. The van der Waals surface area contributed by atoms with Crippen molar-refractivity contribution in [2.75, 3.05) is 19.7 Å². The number of hydrogen-bond donors (Lipinski definition) is 0. The fourth-order valence-electron chi connectivity index (χ4n) is 3.13. The molecule has 0 saturated carbocycles. The second-order valence-corrected chi connectivity index (χ2v) is 7.64. The highest BCUT2D eigenvalue weighted by atomic mass is 35.5. The third-order valence-corrected chi connectivity index (χ3v) is 5.77. The molecular weight excluding hydrogens is 401 g/mol. The Hall–Kier alpha value is -1.49. The van der Waals surface area contributed by atoms with E-state index < -0.39 is 0 Å². The molecule has 0 spiro atoms. The van der Waals surface area contributed by atoms with Crippen LogP contribution in [0.25, 0.3) is 0 Å². The molecule has 2 aromatic carbocycles. The molecule has 2 aromatic rings. The van der Waals surface area contributed by atoms with Crippen LogP contribution in [-0.2, 0) is 6.61 Å². The lowest BCUT2D eigenvalue weighted by Crippen LogP contribution is -2.34. The average Bonchev–Trinajstić information content (AvgIpc) is 2.69. The van der Waals surface area contributed by atoms with Crippen LogP contribution in [-0.4, -0.2) is 29.6 Å². The molecule has 3 rings (SSSR count). The lowest BCUT2D eigenvalue weighted by molar-refractivity contribution is 0.269. The molecule has 1 aliphatic rings. The molecule has 0 unspecified atom stereocenters. The zero-order valence-electron chi connectivity index (χ0n) is 15.3. The number of nitrogens with zero attached hydrogens (tertiary/aromatic N) is 1. The number of likely N-dealkylation sites (tertiary alicyclic amines) is 1. The van der Waals surface area contributed by atoms with Gasteiger partial charge in [0.25, 0.3) is 0 Å². The Labute approximate surface area is 176 Å². The molecule has 0 N–H and O–H groups in total. The van der Waals surface area contributed by atoms with E-state index in [9.17, 15) is 0 Å². The van der Waals surface area contributed by atoms with Crippen molar-refractivity contribution in [1.29, 1.82) is 0 Å². The minimum absolute atomic E-state index is 0.272. The van der Waals surface area contributed by atoms with Crippen molar-refractivity contribution in [2.45, 2.75) is 32.8 Å². The molecule has 1 aliphatic heterocycles. The molecular formula is C21H23Cl2NO2S. The molecule has 0 atom stereocenters. The first kappa shape index (κ1) is 20.2. The summed E-state index contributed by atoms with van der Waals surface area (Å²) in [6.07, 6.45) is 3.66. The van der Waals surface area contributed by atoms with E-state index in [4.69, 9.17) is 44.9 Å². The fourth-order valence-corrected chi connectivity index (χ4v) is 3.94. The smallest absolute Gasteiger partial charge is 0.161 e. The molecule has 0 amide bonds. The Morgan fingerprint density at radius 3 is 2.37 bits per heavy atom. The summed E-state index contributed by atoms with van der Waals surface area (Å²) in [5.74, 6) is 1.33. The lowest BCUT2D eigenvalue weighted by Gasteiger charge is -2.29. The number of benzene rings is 2. The summed E-state index contributed by atoms with van der Waals surface area (Å²) in [7, 11) is 0. The van der Waals surface area contributed by atoms with Gasteiger partial charge in [-0.05, 0) is 56.5 Å². The minimum atomic E-state index is 0.272. The van der Waals surface area contributed by atoms with Crippen molar-refractivity contribution in [2.24, 2.45) is 0 Å². The van der Waals surface area contributed by atoms with Crippen LogP contribution in [0, 0.1) is 0 Å². The Kier molecular flexibility index (Phi) is 7.22. The van der Waals surface area contributed by atoms with Gasteiger partial charge in [-0.2, -0.15) is 0 Å². The van der Waals surface area contributed by atoms with E-state index in [1.54, 1.807) is 12.1 Å². The van der Waals surface area contributed by atoms with E-state index in [0.717, 1.165) is 29.2 Å². The maximum Gasteiger partial charge on any atom is 0.161 e. The maximum absolute atomic E-state index is 6.23. The van der Waals surface area contributed by atoms with E-state index in [0.29, 0.717) is 28.2 Å². The van der Waals surface area contributed by atoms with Crippen molar-refractivity contribution in [1.82, 2.24) is 4.90 Å². The fraction of sp³-hybridized carbons (Fsp3) is 0.381. The van der Waals surface area contributed by atoms with Gasteiger partial charge in [0.2, 0.25) is 0 Å². The second kappa shape index (κ2) is 9.63. The molecule has 0 bridgehead atoms.